The molecule has 2 N–H and O–H groups in total. The molecular formula is C17H22ClN3O3. The number of likely N-dealkylation sites (tertiary alicyclic amines) is 1. The number of ether oxygens (including phenoxy) is 1. The third-order valence-corrected chi connectivity index (χ3v) is 5.17. The molecule has 0 radical (unpaired) electrons. The largest absolute Gasteiger partial charge is 0.482 e. The van der Waals surface area contributed by atoms with E-state index in [1.54, 1.807) is 18.2 Å². The minimum Gasteiger partial charge on any atom is -0.482 e. The monoisotopic (exact) mass is 351 g/mol. The van der Waals surface area contributed by atoms with Crippen molar-refractivity contribution in [3.8, 4) is 5.75 Å². The van der Waals surface area contributed by atoms with E-state index in [1.165, 1.54) is 0 Å². The highest BCUT2D eigenvalue weighted by atomic mass is 35.5. The second kappa shape index (κ2) is 6.99. The third kappa shape index (κ3) is 3.21. The van der Waals surface area contributed by atoms with Gasteiger partial charge in [-0.3, -0.25) is 9.59 Å². The highest BCUT2D eigenvalue weighted by Crippen LogP contribution is 2.31. The normalized spacial score (nSPS) is 25.5. The molecule has 2 atom stereocenters. The fourth-order valence-corrected chi connectivity index (χ4v) is 3.81. The van der Waals surface area contributed by atoms with Crippen LogP contribution in [0.3, 0.4) is 0 Å². The number of rotatable bonds is 1. The minimum atomic E-state index is -0.163. The van der Waals surface area contributed by atoms with Gasteiger partial charge in [-0.25, -0.2) is 0 Å². The number of hydrogen-bond donors (Lipinski definition) is 2. The molecule has 24 heavy (non-hydrogen) atoms. The summed E-state index contributed by atoms with van der Waals surface area (Å²) < 4.78 is 5.41. The van der Waals surface area contributed by atoms with Crippen molar-refractivity contribution in [2.75, 3.05) is 38.1 Å². The van der Waals surface area contributed by atoms with Gasteiger partial charge in [-0.15, -0.1) is 12.4 Å². The van der Waals surface area contributed by atoms with E-state index in [0.29, 0.717) is 28.8 Å². The van der Waals surface area contributed by atoms with Gasteiger partial charge in [0.15, 0.2) is 6.61 Å². The van der Waals surface area contributed by atoms with Gasteiger partial charge in [-0.05, 0) is 56.0 Å². The van der Waals surface area contributed by atoms with Gasteiger partial charge in [-0.1, -0.05) is 0 Å². The number of carbonyl (C=O) groups excluding carboxylic acids is 2. The molecule has 4 rings (SSSR count). The van der Waals surface area contributed by atoms with Crippen molar-refractivity contribution in [3.05, 3.63) is 23.8 Å². The van der Waals surface area contributed by atoms with Crippen LogP contribution in [0.25, 0.3) is 0 Å². The van der Waals surface area contributed by atoms with Crippen LogP contribution in [0.2, 0.25) is 0 Å². The van der Waals surface area contributed by atoms with Crippen LogP contribution in [-0.2, 0) is 4.79 Å². The van der Waals surface area contributed by atoms with Crippen molar-refractivity contribution in [2.45, 2.75) is 12.8 Å². The predicted octanol–water partition coefficient (Wildman–Crippen LogP) is 1.51. The quantitative estimate of drug-likeness (QED) is 0.804. The number of nitrogens with zero attached hydrogens (tertiary/aromatic N) is 1. The van der Waals surface area contributed by atoms with Crippen LogP contribution in [0.15, 0.2) is 18.2 Å². The zero-order valence-corrected chi connectivity index (χ0v) is 14.2. The molecule has 2 amide bonds. The molecule has 2 saturated heterocycles. The van der Waals surface area contributed by atoms with Crippen molar-refractivity contribution >= 4 is 29.9 Å². The third-order valence-electron chi connectivity index (χ3n) is 5.17. The highest BCUT2D eigenvalue weighted by Gasteiger charge is 2.32. The molecule has 0 aromatic heterocycles. The maximum Gasteiger partial charge on any atom is 0.262 e. The maximum atomic E-state index is 12.8. The lowest BCUT2D eigenvalue weighted by Gasteiger charge is -2.23. The number of amides is 2. The number of fused-ring (bicyclic) bond motifs is 2. The van der Waals surface area contributed by atoms with Gasteiger partial charge in [-0.2, -0.15) is 0 Å². The standard InChI is InChI=1S/C17H21N3O3.ClH/c21-16-10-23-15-7-11(1-2-14(15)19-16)17(22)20-5-3-12-8-18-9-13(12)4-6-20;/h1-2,7,12-13,18H,3-6,8-10H2,(H,19,21);1H/t12-,13+;. The molecule has 6 nitrogen and oxygen atoms in total. The molecule has 3 aliphatic heterocycles. The summed E-state index contributed by atoms with van der Waals surface area (Å²) in [4.78, 5) is 26.1. The second-order valence-electron chi connectivity index (χ2n) is 6.60. The molecule has 2 fully saturated rings. The number of anilines is 1. The number of hydrogen-bond acceptors (Lipinski definition) is 4. The van der Waals surface area contributed by atoms with E-state index in [0.717, 1.165) is 39.0 Å². The number of carbonyl (C=O) groups is 2. The molecule has 0 aliphatic carbocycles. The van der Waals surface area contributed by atoms with Gasteiger partial charge in [0.25, 0.3) is 11.8 Å². The number of benzene rings is 1. The summed E-state index contributed by atoms with van der Waals surface area (Å²) in [5.41, 5.74) is 1.26. The Labute approximate surface area is 147 Å². The van der Waals surface area contributed by atoms with E-state index < -0.39 is 0 Å². The van der Waals surface area contributed by atoms with E-state index >= 15 is 0 Å². The van der Waals surface area contributed by atoms with Crippen LogP contribution < -0.4 is 15.4 Å². The number of nitrogens with one attached hydrogen (secondary N) is 2. The summed E-state index contributed by atoms with van der Waals surface area (Å²) in [6, 6.07) is 5.25. The van der Waals surface area contributed by atoms with Crippen LogP contribution in [0, 0.1) is 11.8 Å². The molecule has 1 aromatic rings. The predicted molar refractivity (Wildman–Crippen MR) is 92.8 cm³/mol. The van der Waals surface area contributed by atoms with Crippen molar-refractivity contribution < 1.29 is 14.3 Å². The van der Waals surface area contributed by atoms with Crippen LogP contribution in [0.4, 0.5) is 5.69 Å². The smallest absolute Gasteiger partial charge is 0.262 e. The minimum absolute atomic E-state index is 0. The topological polar surface area (TPSA) is 70.7 Å². The van der Waals surface area contributed by atoms with E-state index in [9.17, 15) is 9.59 Å². The van der Waals surface area contributed by atoms with Gasteiger partial charge in [0.2, 0.25) is 0 Å². The van der Waals surface area contributed by atoms with Gasteiger partial charge in [0.05, 0.1) is 5.69 Å². The molecule has 130 valence electrons. The lowest BCUT2D eigenvalue weighted by atomic mass is 9.92. The molecule has 0 saturated carbocycles. The first kappa shape index (κ1) is 17.0. The molecule has 7 heteroatoms. The van der Waals surface area contributed by atoms with Crippen LogP contribution in [0.5, 0.6) is 5.75 Å². The lowest BCUT2D eigenvalue weighted by Crippen LogP contribution is -2.33. The Hall–Kier alpha value is -1.79. The van der Waals surface area contributed by atoms with Crippen LogP contribution in [-0.4, -0.2) is 49.5 Å². The highest BCUT2D eigenvalue weighted by molar-refractivity contribution is 5.99. The first-order valence-corrected chi connectivity index (χ1v) is 8.27. The van der Waals surface area contributed by atoms with Crippen LogP contribution >= 0.6 is 12.4 Å². The van der Waals surface area contributed by atoms with Crippen LogP contribution in [0.1, 0.15) is 23.2 Å². The zero-order valence-electron chi connectivity index (χ0n) is 13.4. The Kier molecular flexibility index (Phi) is 4.96. The Balaban J connectivity index is 0.00000169. The van der Waals surface area contributed by atoms with E-state index in [4.69, 9.17) is 4.74 Å². The average Bonchev–Trinajstić information content (AvgIpc) is 2.92. The zero-order chi connectivity index (χ0) is 15.8. The lowest BCUT2D eigenvalue weighted by molar-refractivity contribution is -0.118. The molecule has 3 heterocycles. The molecule has 0 unspecified atom stereocenters. The summed E-state index contributed by atoms with van der Waals surface area (Å²) in [7, 11) is 0. The second-order valence-corrected chi connectivity index (χ2v) is 6.60. The van der Waals surface area contributed by atoms with Crippen molar-refractivity contribution in [1.29, 1.82) is 0 Å². The Morgan fingerprint density at radius 1 is 1.17 bits per heavy atom. The fourth-order valence-electron chi connectivity index (χ4n) is 3.81. The molecule has 0 spiro atoms. The van der Waals surface area contributed by atoms with Crippen molar-refractivity contribution in [3.63, 3.8) is 0 Å². The Bertz CT molecular complexity index is 638. The van der Waals surface area contributed by atoms with Gasteiger partial charge in [0, 0.05) is 18.7 Å². The molecule has 1 aromatic carbocycles. The van der Waals surface area contributed by atoms with Crippen molar-refractivity contribution in [2.24, 2.45) is 11.8 Å². The first-order valence-electron chi connectivity index (χ1n) is 8.27. The first-order chi connectivity index (χ1) is 11.2. The summed E-state index contributed by atoms with van der Waals surface area (Å²) in [6.07, 6.45) is 2.14. The molecular weight excluding hydrogens is 330 g/mol. The summed E-state index contributed by atoms with van der Waals surface area (Å²) >= 11 is 0. The van der Waals surface area contributed by atoms with E-state index in [1.807, 2.05) is 4.90 Å². The van der Waals surface area contributed by atoms with Crippen molar-refractivity contribution in [1.82, 2.24) is 10.2 Å². The summed E-state index contributed by atoms with van der Waals surface area (Å²) in [5.74, 6) is 1.88. The van der Waals surface area contributed by atoms with E-state index in [-0.39, 0.29) is 30.8 Å². The summed E-state index contributed by atoms with van der Waals surface area (Å²) in [6.45, 7) is 3.80. The van der Waals surface area contributed by atoms with E-state index in [2.05, 4.69) is 10.6 Å². The molecule has 0 bridgehead atoms. The fraction of sp³-hybridized carbons (Fsp3) is 0.529. The summed E-state index contributed by atoms with van der Waals surface area (Å²) in [5, 5.41) is 6.20. The Morgan fingerprint density at radius 2 is 1.88 bits per heavy atom. The molecule has 3 aliphatic rings. The SMILES string of the molecule is Cl.O=C1COc2cc(C(=O)N3CC[C@@H]4CNC[C@@H]4CC3)ccc2N1. The Morgan fingerprint density at radius 3 is 2.58 bits per heavy atom. The van der Waals surface area contributed by atoms with Gasteiger partial charge in [0.1, 0.15) is 5.75 Å². The average molecular weight is 352 g/mol. The number of halogens is 1. The van der Waals surface area contributed by atoms with Gasteiger partial charge >= 0.3 is 0 Å². The van der Waals surface area contributed by atoms with Gasteiger partial charge < -0.3 is 20.3 Å². The maximum absolute atomic E-state index is 12.8.